The predicted octanol–water partition coefficient (Wildman–Crippen LogP) is 3.89. The third-order valence-corrected chi connectivity index (χ3v) is 4.92. The molecule has 5 heteroatoms. The van der Waals surface area contributed by atoms with Crippen molar-refractivity contribution < 1.29 is 4.79 Å². The number of nitrogens with one attached hydrogen (secondary N) is 1. The number of carbonyl (C=O) groups is 1. The molecular formula is C14H18Cl2N2O. The van der Waals surface area contributed by atoms with Gasteiger partial charge >= 0.3 is 0 Å². The second-order valence-corrected chi connectivity index (χ2v) is 6.04. The molecule has 1 aromatic rings. The molecule has 1 aliphatic carbocycles. The molecule has 1 aromatic carbocycles. The summed E-state index contributed by atoms with van der Waals surface area (Å²) in [6.07, 6.45) is 4.72. The summed E-state index contributed by atoms with van der Waals surface area (Å²) in [4.78, 5) is 12.1. The van der Waals surface area contributed by atoms with Crippen molar-refractivity contribution in [1.29, 1.82) is 0 Å². The zero-order valence-electron chi connectivity index (χ0n) is 10.9. The van der Waals surface area contributed by atoms with Crippen LogP contribution in [0.15, 0.2) is 12.1 Å². The fourth-order valence-corrected chi connectivity index (χ4v) is 2.78. The van der Waals surface area contributed by atoms with Gasteiger partial charge in [0.25, 0.3) is 5.91 Å². The van der Waals surface area contributed by atoms with Crippen LogP contribution in [-0.4, -0.2) is 12.5 Å². The third-order valence-electron chi connectivity index (χ3n) is 4.11. The first kappa shape index (κ1) is 14.5. The van der Waals surface area contributed by atoms with Crippen molar-refractivity contribution in [1.82, 2.24) is 5.32 Å². The van der Waals surface area contributed by atoms with Gasteiger partial charge in [0.1, 0.15) is 0 Å². The van der Waals surface area contributed by atoms with Crippen molar-refractivity contribution >= 4 is 34.8 Å². The van der Waals surface area contributed by atoms with Gasteiger partial charge in [-0.1, -0.05) is 36.5 Å². The van der Waals surface area contributed by atoms with E-state index in [9.17, 15) is 4.79 Å². The molecule has 0 aromatic heterocycles. The van der Waals surface area contributed by atoms with Crippen LogP contribution in [0.5, 0.6) is 0 Å². The maximum absolute atomic E-state index is 12.1. The average molecular weight is 301 g/mol. The minimum absolute atomic E-state index is 0.148. The Hall–Kier alpha value is -0.930. The number of hydrogen-bond donors (Lipinski definition) is 2. The van der Waals surface area contributed by atoms with Gasteiger partial charge in [0, 0.05) is 12.1 Å². The summed E-state index contributed by atoms with van der Waals surface area (Å²) < 4.78 is 0. The molecule has 0 aliphatic heterocycles. The molecule has 19 heavy (non-hydrogen) atoms. The average Bonchev–Trinajstić information content (AvgIpc) is 2.34. The number of carbonyl (C=O) groups excluding carboxylic acids is 1. The zero-order chi connectivity index (χ0) is 14.0. The van der Waals surface area contributed by atoms with Crippen LogP contribution in [0.2, 0.25) is 10.0 Å². The van der Waals surface area contributed by atoms with E-state index in [2.05, 4.69) is 12.2 Å². The van der Waals surface area contributed by atoms with Crippen LogP contribution in [-0.2, 0) is 0 Å². The van der Waals surface area contributed by atoms with E-state index < -0.39 is 0 Å². The van der Waals surface area contributed by atoms with E-state index in [0.29, 0.717) is 27.8 Å². The molecule has 0 radical (unpaired) electrons. The molecule has 1 saturated carbocycles. The molecule has 0 heterocycles. The summed E-state index contributed by atoms with van der Waals surface area (Å²) in [5, 5.41) is 3.57. The van der Waals surface area contributed by atoms with Gasteiger partial charge in [-0.25, -0.2) is 0 Å². The maximum atomic E-state index is 12.1. The topological polar surface area (TPSA) is 55.1 Å². The first-order valence-electron chi connectivity index (χ1n) is 6.50. The normalized spacial score (nSPS) is 16.8. The van der Waals surface area contributed by atoms with Crippen LogP contribution < -0.4 is 11.1 Å². The Balaban J connectivity index is 2.04. The molecule has 0 unspecified atom stereocenters. The maximum Gasteiger partial charge on any atom is 0.251 e. The van der Waals surface area contributed by atoms with Crippen LogP contribution in [0.25, 0.3) is 0 Å². The minimum Gasteiger partial charge on any atom is -0.397 e. The number of nitrogen functional groups attached to an aromatic ring is 1. The highest BCUT2D eigenvalue weighted by atomic mass is 35.5. The highest BCUT2D eigenvalue weighted by Crippen LogP contribution is 2.43. The van der Waals surface area contributed by atoms with E-state index in [1.807, 2.05) is 0 Å². The zero-order valence-corrected chi connectivity index (χ0v) is 12.4. The van der Waals surface area contributed by atoms with Crippen molar-refractivity contribution in [3.8, 4) is 0 Å². The van der Waals surface area contributed by atoms with Gasteiger partial charge in [0.15, 0.2) is 0 Å². The Kier molecular flexibility index (Phi) is 4.26. The summed E-state index contributed by atoms with van der Waals surface area (Å²) in [7, 11) is 0. The minimum atomic E-state index is -0.148. The molecule has 1 fully saturated rings. The van der Waals surface area contributed by atoms with Gasteiger partial charge in [-0.3, -0.25) is 4.79 Å². The lowest BCUT2D eigenvalue weighted by atomic mass is 9.67. The monoisotopic (exact) mass is 300 g/mol. The SMILES string of the molecule is CCC1(CNC(=O)c2cc(N)c(Cl)c(Cl)c2)CCC1. The summed E-state index contributed by atoms with van der Waals surface area (Å²) in [6, 6.07) is 3.11. The standard InChI is InChI=1S/C14H18Cl2N2O/c1-2-14(4-3-5-14)8-18-13(19)9-6-10(15)12(16)11(17)7-9/h6-7H,2-5,8,17H2,1H3,(H,18,19). The van der Waals surface area contributed by atoms with Gasteiger partial charge in [0.05, 0.1) is 15.7 Å². The van der Waals surface area contributed by atoms with Crippen molar-refractivity contribution in [3.05, 3.63) is 27.7 Å². The Labute approximate surface area is 123 Å². The lowest BCUT2D eigenvalue weighted by Gasteiger charge is -2.41. The Bertz CT molecular complexity index is 470. The number of benzene rings is 1. The lowest BCUT2D eigenvalue weighted by molar-refractivity contribution is 0.0850. The van der Waals surface area contributed by atoms with E-state index in [-0.39, 0.29) is 11.3 Å². The summed E-state index contributed by atoms with van der Waals surface area (Å²) in [5.41, 5.74) is 6.78. The largest absolute Gasteiger partial charge is 0.397 e. The smallest absolute Gasteiger partial charge is 0.251 e. The molecule has 1 amide bonds. The fourth-order valence-electron chi connectivity index (χ4n) is 2.44. The number of hydrogen-bond acceptors (Lipinski definition) is 2. The molecule has 0 spiro atoms. The van der Waals surface area contributed by atoms with E-state index in [0.717, 1.165) is 6.42 Å². The number of nitrogens with two attached hydrogens (primary N) is 1. The van der Waals surface area contributed by atoms with E-state index in [1.54, 1.807) is 12.1 Å². The molecule has 0 saturated heterocycles. The molecule has 3 nitrogen and oxygen atoms in total. The van der Waals surface area contributed by atoms with Gasteiger partial charge in [-0.2, -0.15) is 0 Å². The Morgan fingerprint density at radius 3 is 2.58 bits per heavy atom. The summed E-state index contributed by atoms with van der Waals surface area (Å²) >= 11 is 11.8. The van der Waals surface area contributed by atoms with Gasteiger partial charge < -0.3 is 11.1 Å². The second-order valence-electron chi connectivity index (χ2n) is 5.25. The molecule has 3 N–H and O–H groups in total. The van der Waals surface area contributed by atoms with Crippen LogP contribution >= 0.6 is 23.2 Å². The van der Waals surface area contributed by atoms with Gasteiger partial charge in [0.2, 0.25) is 0 Å². The highest BCUT2D eigenvalue weighted by molar-refractivity contribution is 6.43. The molecule has 0 atom stereocenters. The fraction of sp³-hybridized carbons (Fsp3) is 0.500. The first-order chi connectivity index (χ1) is 8.97. The van der Waals surface area contributed by atoms with Crippen molar-refractivity contribution in [2.24, 2.45) is 5.41 Å². The molecular weight excluding hydrogens is 283 g/mol. The number of halogens is 2. The first-order valence-corrected chi connectivity index (χ1v) is 7.26. The van der Waals surface area contributed by atoms with Crippen molar-refractivity contribution in [3.63, 3.8) is 0 Å². The van der Waals surface area contributed by atoms with Gasteiger partial charge in [-0.15, -0.1) is 0 Å². The molecule has 104 valence electrons. The van der Waals surface area contributed by atoms with Crippen LogP contribution in [0, 0.1) is 5.41 Å². The van der Waals surface area contributed by atoms with Crippen molar-refractivity contribution in [2.45, 2.75) is 32.6 Å². The van der Waals surface area contributed by atoms with Crippen LogP contribution in [0.1, 0.15) is 43.0 Å². The second kappa shape index (κ2) is 5.59. The van der Waals surface area contributed by atoms with Crippen LogP contribution in [0.3, 0.4) is 0 Å². The molecule has 2 rings (SSSR count). The summed E-state index contributed by atoms with van der Waals surface area (Å²) in [6.45, 7) is 2.88. The number of rotatable bonds is 4. The Morgan fingerprint density at radius 2 is 2.11 bits per heavy atom. The van der Waals surface area contributed by atoms with Crippen LogP contribution in [0.4, 0.5) is 5.69 Å². The molecule has 0 bridgehead atoms. The quantitative estimate of drug-likeness (QED) is 0.829. The number of amides is 1. The highest BCUT2D eigenvalue weighted by Gasteiger charge is 2.35. The molecule has 1 aliphatic rings. The predicted molar refractivity (Wildman–Crippen MR) is 79.8 cm³/mol. The van der Waals surface area contributed by atoms with E-state index >= 15 is 0 Å². The third kappa shape index (κ3) is 2.98. The summed E-state index contributed by atoms with van der Waals surface area (Å²) in [5.74, 6) is -0.148. The number of anilines is 1. The van der Waals surface area contributed by atoms with E-state index in [4.69, 9.17) is 28.9 Å². The van der Waals surface area contributed by atoms with Gasteiger partial charge in [-0.05, 0) is 36.8 Å². The Morgan fingerprint density at radius 1 is 1.42 bits per heavy atom. The van der Waals surface area contributed by atoms with E-state index in [1.165, 1.54) is 19.3 Å². The lowest BCUT2D eigenvalue weighted by Crippen LogP contribution is -2.41. The van der Waals surface area contributed by atoms with Crippen molar-refractivity contribution in [2.75, 3.05) is 12.3 Å².